The van der Waals surface area contributed by atoms with Gasteiger partial charge in [-0.05, 0) is 63.2 Å². The number of hydrogen-bond acceptors (Lipinski definition) is 4. The lowest BCUT2D eigenvalue weighted by atomic mass is 10.1. The zero-order valence-electron chi connectivity index (χ0n) is 16.3. The molecule has 0 aliphatic heterocycles. The van der Waals surface area contributed by atoms with Crippen molar-refractivity contribution in [2.45, 2.75) is 33.6 Å². The minimum Gasteiger partial charge on any atom is -0.508 e. The molecule has 0 atom stereocenters. The lowest BCUT2D eigenvalue weighted by molar-refractivity contribution is 0.298. The predicted molar refractivity (Wildman–Crippen MR) is 110 cm³/mol. The molecule has 5 heteroatoms. The molecule has 3 rings (SSSR count). The van der Waals surface area contributed by atoms with Crippen LogP contribution in [0.25, 0.3) is 21.8 Å². The van der Waals surface area contributed by atoms with Crippen molar-refractivity contribution in [3.8, 4) is 5.75 Å². The van der Waals surface area contributed by atoms with Crippen LogP contribution in [0.3, 0.4) is 0 Å². The number of phenolic OH excluding ortho intramolecular Hbond substituents is 1. The third kappa shape index (κ3) is 3.49. The number of aromatic nitrogens is 2. The summed E-state index contributed by atoms with van der Waals surface area (Å²) in [4.78, 5) is 7.10. The molecule has 2 heterocycles. The van der Waals surface area contributed by atoms with Crippen LogP contribution >= 0.6 is 0 Å². The van der Waals surface area contributed by atoms with Gasteiger partial charge in [-0.2, -0.15) is 0 Å². The van der Waals surface area contributed by atoms with Gasteiger partial charge in [-0.1, -0.05) is 13.8 Å². The van der Waals surface area contributed by atoms with Crippen LogP contribution in [0.1, 0.15) is 32.3 Å². The van der Waals surface area contributed by atoms with Gasteiger partial charge in [-0.3, -0.25) is 0 Å². The summed E-state index contributed by atoms with van der Waals surface area (Å²) in [7, 11) is 2.07. The van der Waals surface area contributed by atoms with Crippen molar-refractivity contribution in [2.24, 2.45) is 7.05 Å². The number of anilines is 1. The first-order valence-electron chi connectivity index (χ1n) is 9.59. The molecule has 0 radical (unpaired) electrons. The summed E-state index contributed by atoms with van der Waals surface area (Å²) in [6.07, 6.45) is 4.23. The Kier molecular flexibility index (Phi) is 5.67. The number of nitrogens with one attached hydrogen (secondary N) is 1. The third-order valence-electron chi connectivity index (χ3n) is 5.27. The van der Waals surface area contributed by atoms with E-state index in [9.17, 15) is 5.11 Å². The number of benzene rings is 1. The van der Waals surface area contributed by atoms with Crippen molar-refractivity contribution in [3.05, 3.63) is 30.0 Å². The highest BCUT2D eigenvalue weighted by atomic mass is 16.3. The zero-order chi connectivity index (χ0) is 18.7. The van der Waals surface area contributed by atoms with Crippen LogP contribution in [0.4, 0.5) is 5.82 Å². The van der Waals surface area contributed by atoms with Gasteiger partial charge in [0.2, 0.25) is 0 Å². The molecule has 3 aromatic rings. The Labute approximate surface area is 155 Å². The molecule has 26 heavy (non-hydrogen) atoms. The van der Waals surface area contributed by atoms with Crippen LogP contribution in [0.15, 0.2) is 24.4 Å². The highest BCUT2D eigenvalue weighted by Gasteiger charge is 2.15. The van der Waals surface area contributed by atoms with Crippen molar-refractivity contribution < 1.29 is 5.11 Å². The molecule has 0 fully saturated rings. The summed E-state index contributed by atoms with van der Waals surface area (Å²) >= 11 is 0. The van der Waals surface area contributed by atoms with Gasteiger partial charge in [0, 0.05) is 30.7 Å². The Balaban J connectivity index is 1.83. The van der Waals surface area contributed by atoms with E-state index in [0.29, 0.717) is 0 Å². The Morgan fingerprint density at radius 1 is 1.19 bits per heavy atom. The van der Waals surface area contributed by atoms with Crippen LogP contribution in [0.5, 0.6) is 5.75 Å². The van der Waals surface area contributed by atoms with E-state index < -0.39 is 0 Å². The van der Waals surface area contributed by atoms with E-state index in [4.69, 9.17) is 0 Å². The molecule has 0 amide bonds. The maximum Gasteiger partial charge on any atom is 0.136 e. The number of aryl methyl sites for hydroxylation is 2. The summed E-state index contributed by atoms with van der Waals surface area (Å²) < 4.78 is 2.19. The third-order valence-corrected chi connectivity index (χ3v) is 5.27. The molecule has 0 unspecified atom stereocenters. The second-order valence-electron chi connectivity index (χ2n) is 6.93. The van der Waals surface area contributed by atoms with Gasteiger partial charge < -0.3 is 19.9 Å². The van der Waals surface area contributed by atoms with Crippen molar-refractivity contribution in [1.82, 2.24) is 14.5 Å². The van der Waals surface area contributed by atoms with Crippen LogP contribution < -0.4 is 5.32 Å². The minimum atomic E-state index is 0.289. The normalized spacial score (nSPS) is 11.7. The second-order valence-corrected chi connectivity index (χ2v) is 6.93. The Morgan fingerprint density at radius 2 is 1.96 bits per heavy atom. The number of hydrogen-bond donors (Lipinski definition) is 2. The number of pyridine rings is 1. The molecule has 2 aromatic heterocycles. The predicted octanol–water partition coefficient (Wildman–Crippen LogP) is 4.27. The van der Waals surface area contributed by atoms with Crippen LogP contribution in [-0.4, -0.2) is 45.7 Å². The highest BCUT2D eigenvalue weighted by molar-refractivity contribution is 6.14. The first-order valence-corrected chi connectivity index (χ1v) is 9.59. The van der Waals surface area contributed by atoms with Gasteiger partial charge in [0.1, 0.15) is 11.6 Å². The van der Waals surface area contributed by atoms with E-state index in [1.54, 1.807) is 6.07 Å². The standard InChI is InChI=1S/C21H30N4O/c1-5-25(6-2)12-8-7-11-22-21-19-17-13-16(26)9-10-18(17)24(4)20(19)15(3)14-23-21/h9-10,13-14,26H,5-8,11-12H2,1-4H3,(H,22,23). The fourth-order valence-electron chi connectivity index (χ4n) is 3.76. The summed E-state index contributed by atoms with van der Waals surface area (Å²) in [6, 6.07) is 5.55. The Morgan fingerprint density at radius 3 is 2.69 bits per heavy atom. The molecule has 0 aliphatic rings. The van der Waals surface area contributed by atoms with E-state index in [0.717, 1.165) is 60.3 Å². The van der Waals surface area contributed by atoms with E-state index in [1.807, 2.05) is 18.3 Å². The maximum absolute atomic E-state index is 9.95. The van der Waals surface area contributed by atoms with Gasteiger partial charge in [-0.15, -0.1) is 0 Å². The van der Waals surface area contributed by atoms with Crippen molar-refractivity contribution in [2.75, 3.05) is 31.5 Å². The SMILES string of the molecule is CCN(CC)CCCCNc1ncc(C)c2c1c1cc(O)ccc1n2C. The number of fused-ring (bicyclic) bond motifs is 3. The van der Waals surface area contributed by atoms with Gasteiger partial charge in [0.25, 0.3) is 0 Å². The molecule has 0 saturated heterocycles. The van der Waals surface area contributed by atoms with E-state index in [-0.39, 0.29) is 5.75 Å². The van der Waals surface area contributed by atoms with Crippen LogP contribution in [-0.2, 0) is 7.05 Å². The fraction of sp³-hybridized carbons (Fsp3) is 0.476. The first kappa shape index (κ1) is 18.5. The van der Waals surface area contributed by atoms with Crippen molar-refractivity contribution in [1.29, 1.82) is 0 Å². The smallest absolute Gasteiger partial charge is 0.136 e. The lowest BCUT2D eigenvalue weighted by Crippen LogP contribution is -2.24. The maximum atomic E-state index is 9.95. The number of rotatable bonds is 8. The Hall–Kier alpha value is -2.27. The van der Waals surface area contributed by atoms with Gasteiger partial charge >= 0.3 is 0 Å². The second kappa shape index (κ2) is 7.96. The molecular weight excluding hydrogens is 324 g/mol. The van der Waals surface area contributed by atoms with Gasteiger partial charge in [0.05, 0.1) is 10.9 Å². The Bertz CT molecular complexity index is 896. The first-order chi connectivity index (χ1) is 12.6. The fourth-order valence-corrected chi connectivity index (χ4v) is 3.76. The number of nitrogens with zero attached hydrogens (tertiary/aromatic N) is 3. The molecule has 0 spiro atoms. The average molecular weight is 354 g/mol. The van der Waals surface area contributed by atoms with Gasteiger partial charge in [0.15, 0.2) is 0 Å². The summed E-state index contributed by atoms with van der Waals surface area (Å²) in [5.41, 5.74) is 3.43. The molecule has 140 valence electrons. The van der Waals surface area contributed by atoms with Crippen LogP contribution in [0.2, 0.25) is 0 Å². The molecule has 1 aromatic carbocycles. The topological polar surface area (TPSA) is 53.3 Å². The molecular formula is C21H30N4O. The molecule has 0 saturated carbocycles. The van der Waals surface area contributed by atoms with E-state index in [2.05, 4.69) is 47.6 Å². The summed E-state index contributed by atoms with van der Waals surface area (Å²) in [5, 5.41) is 15.6. The average Bonchev–Trinajstić information content (AvgIpc) is 2.93. The summed E-state index contributed by atoms with van der Waals surface area (Å²) in [5.74, 6) is 1.20. The van der Waals surface area contributed by atoms with E-state index in [1.165, 1.54) is 11.9 Å². The molecule has 0 aliphatic carbocycles. The number of aromatic hydroxyl groups is 1. The number of phenols is 1. The van der Waals surface area contributed by atoms with Crippen molar-refractivity contribution in [3.63, 3.8) is 0 Å². The monoisotopic (exact) mass is 354 g/mol. The van der Waals surface area contributed by atoms with Crippen molar-refractivity contribution >= 4 is 27.6 Å². The largest absolute Gasteiger partial charge is 0.508 e. The summed E-state index contributed by atoms with van der Waals surface area (Å²) in [6.45, 7) is 10.8. The number of unbranched alkanes of at least 4 members (excludes halogenated alkanes) is 1. The van der Waals surface area contributed by atoms with Crippen LogP contribution in [0, 0.1) is 6.92 Å². The minimum absolute atomic E-state index is 0.289. The zero-order valence-corrected chi connectivity index (χ0v) is 16.3. The lowest BCUT2D eigenvalue weighted by Gasteiger charge is -2.17. The quantitative estimate of drug-likeness (QED) is 0.593. The van der Waals surface area contributed by atoms with E-state index >= 15 is 0 Å². The molecule has 2 N–H and O–H groups in total. The van der Waals surface area contributed by atoms with Gasteiger partial charge in [-0.25, -0.2) is 4.98 Å². The molecule has 0 bridgehead atoms. The highest BCUT2D eigenvalue weighted by Crippen LogP contribution is 2.35. The molecule has 5 nitrogen and oxygen atoms in total.